The van der Waals surface area contributed by atoms with E-state index in [1.165, 1.54) is 0 Å². The van der Waals surface area contributed by atoms with Crippen LogP contribution in [0.3, 0.4) is 0 Å². The quantitative estimate of drug-likeness (QED) is 0.925. The number of amides is 1. The number of rotatable bonds is 4. The van der Waals surface area contributed by atoms with Gasteiger partial charge >= 0.3 is 0 Å². The van der Waals surface area contributed by atoms with Crippen molar-refractivity contribution in [1.82, 2.24) is 15.3 Å². The first kappa shape index (κ1) is 16.7. The number of carbonyl (C=O) groups excluding carboxylic acids is 1. The van der Waals surface area contributed by atoms with E-state index in [9.17, 15) is 4.79 Å². The molecule has 1 aromatic heterocycles. The Labute approximate surface area is 147 Å². The summed E-state index contributed by atoms with van der Waals surface area (Å²) in [5.41, 5.74) is 1.01. The molecule has 1 aliphatic rings. The Morgan fingerprint density at radius 1 is 1.33 bits per heavy atom. The van der Waals surface area contributed by atoms with Crippen LogP contribution in [-0.4, -0.2) is 29.0 Å². The van der Waals surface area contributed by atoms with E-state index in [-0.39, 0.29) is 17.9 Å². The van der Waals surface area contributed by atoms with E-state index in [1.807, 2.05) is 31.2 Å². The molecule has 0 bridgehead atoms. The van der Waals surface area contributed by atoms with E-state index < -0.39 is 0 Å². The molecule has 24 heavy (non-hydrogen) atoms. The van der Waals surface area contributed by atoms with Crippen LogP contribution >= 0.6 is 11.6 Å². The normalized spacial score (nSPS) is 18.9. The molecular weight excluding hydrogens is 324 g/mol. The van der Waals surface area contributed by atoms with Gasteiger partial charge in [-0.15, -0.1) is 0 Å². The van der Waals surface area contributed by atoms with Gasteiger partial charge in [-0.2, -0.15) is 0 Å². The van der Waals surface area contributed by atoms with Crippen molar-refractivity contribution in [3.8, 4) is 0 Å². The molecule has 3 rings (SSSR count). The summed E-state index contributed by atoms with van der Waals surface area (Å²) in [6.45, 7) is 3.51. The highest BCUT2D eigenvalue weighted by atomic mass is 35.5. The first-order valence-electron chi connectivity index (χ1n) is 8.21. The summed E-state index contributed by atoms with van der Waals surface area (Å²) in [5, 5.41) is 3.78. The number of benzene rings is 1. The average Bonchev–Trinajstić information content (AvgIpc) is 2.62. The minimum Gasteiger partial charge on any atom is -0.349 e. The zero-order valence-corrected chi connectivity index (χ0v) is 14.4. The maximum absolute atomic E-state index is 12.6. The van der Waals surface area contributed by atoms with Crippen LogP contribution in [-0.2, 0) is 4.79 Å². The van der Waals surface area contributed by atoms with Crippen LogP contribution in [0.5, 0.6) is 0 Å². The Hall–Kier alpha value is -2.14. The Bertz CT molecular complexity index is 694. The molecule has 1 aliphatic heterocycles. The van der Waals surface area contributed by atoms with Crippen molar-refractivity contribution in [2.75, 3.05) is 18.0 Å². The molecule has 0 saturated carbocycles. The third kappa shape index (κ3) is 4.03. The highest BCUT2D eigenvalue weighted by molar-refractivity contribution is 6.30. The number of halogens is 1. The molecule has 5 nitrogen and oxygen atoms in total. The van der Waals surface area contributed by atoms with Gasteiger partial charge in [0.2, 0.25) is 11.9 Å². The molecule has 1 amide bonds. The largest absolute Gasteiger partial charge is 0.349 e. The van der Waals surface area contributed by atoms with Crippen molar-refractivity contribution in [2.24, 2.45) is 5.92 Å². The van der Waals surface area contributed by atoms with Crippen LogP contribution < -0.4 is 10.2 Å². The molecule has 0 aliphatic carbocycles. The summed E-state index contributed by atoms with van der Waals surface area (Å²) in [4.78, 5) is 23.3. The number of nitrogens with one attached hydrogen (secondary N) is 1. The predicted molar refractivity (Wildman–Crippen MR) is 95.0 cm³/mol. The smallest absolute Gasteiger partial charge is 0.225 e. The maximum Gasteiger partial charge on any atom is 0.225 e. The molecular formula is C18H21ClN4O. The third-order valence-electron chi connectivity index (χ3n) is 4.33. The van der Waals surface area contributed by atoms with Gasteiger partial charge in [0, 0.05) is 30.5 Å². The highest BCUT2D eigenvalue weighted by Crippen LogP contribution is 2.22. The molecule has 1 N–H and O–H groups in total. The first-order valence-corrected chi connectivity index (χ1v) is 8.59. The second-order valence-electron chi connectivity index (χ2n) is 6.12. The van der Waals surface area contributed by atoms with Gasteiger partial charge in [0.15, 0.2) is 0 Å². The van der Waals surface area contributed by atoms with Gasteiger partial charge < -0.3 is 10.2 Å². The van der Waals surface area contributed by atoms with Crippen molar-refractivity contribution in [2.45, 2.75) is 25.8 Å². The number of aromatic nitrogens is 2. The summed E-state index contributed by atoms with van der Waals surface area (Å²) in [6, 6.07) is 9.32. The molecule has 2 heterocycles. The van der Waals surface area contributed by atoms with Crippen molar-refractivity contribution < 1.29 is 4.79 Å². The van der Waals surface area contributed by atoms with Gasteiger partial charge in [-0.1, -0.05) is 23.7 Å². The van der Waals surface area contributed by atoms with E-state index in [2.05, 4.69) is 20.2 Å². The molecule has 1 aromatic carbocycles. The fraction of sp³-hybridized carbons (Fsp3) is 0.389. The Morgan fingerprint density at radius 3 is 2.88 bits per heavy atom. The van der Waals surface area contributed by atoms with Gasteiger partial charge in [0.1, 0.15) is 0 Å². The highest BCUT2D eigenvalue weighted by Gasteiger charge is 2.27. The molecule has 2 aromatic rings. The zero-order chi connectivity index (χ0) is 16.9. The molecule has 0 radical (unpaired) electrons. The summed E-state index contributed by atoms with van der Waals surface area (Å²) in [6.07, 6.45) is 5.31. The van der Waals surface area contributed by atoms with Crippen molar-refractivity contribution >= 4 is 23.5 Å². The van der Waals surface area contributed by atoms with Crippen LogP contribution in [0.2, 0.25) is 5.02 Å². The fourth-order valence-electron chi connectivity index (χ4n) is 3.02. The molecule has 126 valence electrons. The summed E-state index contributed by atoms with van der Waals surface area (Å²) in [7, 11) is 0. The summed E-state index contributed by atoms with van der Waals surface area (Å²) in [5.74, 6) is 0.713. The van der Waals surface area contributed by atoms with Crippen LogP contribution in [0.4, 0.5) is 5.95 Å². The van der Waals surface area contributed by atoms with E-state index in [0.29, 0.717) is 17.5 Å². The van der Waals surface area contributed by atoms with E-state index in [0.717, 1.165) is 24.9 Å². The van der Waals surface area contributed by atoms with E-state index >= 15 is 0 Å². The van der Waals surface area contributed by atoms with E-state index in [1.54, 1.807) is 18.5 Å². The molecule has 2 unspecified atom stereocenters. The lowest BCUT2D eigenvalue weighted by Crippen LogP contribution is -2.44. The Morgan fingerprint density at radius 2 is 2.12 bits per heavy atom. The lowest BCUT2D eigenvalue weighted by molar-refractivity contribution is -0.125. The molecule has 1 fully saturated rings. The van der Waals surface area contributed by atoms with Crippen LogP contribution in [0, 0.1) is 5.92 Å². The maximum atomic E-state index is 12.6. The number of hydrogen-bond donors (Lipinski definition) is 1. The van der Waals surface area contributed by atoms with Gasteiger partial charge in [0.05, 0.1) is 12.0 Å². The second-order valence-corrected chi connectivity index (χ2v) is 6.56. The molecule has 6 heteroatoms. The Kier molecular flexibility index (Phi) is 5.30. The van der Waals surface area contributed by atoms with Crippen molar-refractivity contribution in [3.63, 3.8) is 0 Å². The number of hydrogen-bond acceptors (Lipinski definition) is 4. The summed E-state index contributed by atoms with van der Waals surface area (Å²) >= 11 is 6.03. The SMILES string of the molecule is CC(NC(=O)C1CCCN(c2ncccn2)C1)c1cccc(Cl)c1. The first-order chi connectivity index (χ1) is 11.6. The Balaban J connectivity index is 1.62. The van der Waals surface area contributed by atoms with Crippen molar-refractivity contribution in [3.05, 3.63) is 53.3 Å². The molecule has 2 atom stereocenters. The lowest BCUT2D eigenvalue weighted by Gasteiger charge is -2.32. The second kappa shape index (κ2) is 7.62. The minimum absolute atomic E-state index is 0.0517. The molecule has 1 saturated heterocycles. The lowest BCUT2D eigenvalue weighted by atomic mass is 9.96. The third-order valence-corrected chi connectivity index (χ3v) is 4.57. The minimum atomic E-state index is -0.0699. The fourth-order valence-corrected chi connectivity index (χ4v) is 3.22. The number of nitrogens with zero attached hydrogens (tertiary/aromatic N) is 3. The zero-order valence-electron chi connectivity index (χ0n) is 13.7. The number of piperidine rings is 1. The number of anilines is 1. The van der Waals surface area contributed by atoms with Crippen molar-refractivity contribution in [1.29, 1.82) is 0 Å². The summed E-state index contributed by atoms with van der Waals surface area (Å²) < 4.78 is 0. The monoisotopic (exact) mass is 344 g/mol. The number of carbonyl (C=O) groups is 1. The van der Waals surface area contributed by atoms with Gasteiger partial charge in [0.25, 0.3) is 0 Å². The van der Waals surface area contributed by atoms with Gasteiger partial charge in [-0.3, -0.25) is 4.79 Å². The standard InChI is InChI=1S/C18H21ClN4O/c1-13(14-5-2-7-16(19)11-14)22-17(24)15-6-3-10-23(12-15)18-20-8-4-9-21-18/h2,4-5,7-9,11,13,15H,3,6,10,12H2,1H3,(H,22,24). The molecule has 0 spiro atoms. The van der Waals surface area contributed by atoms with Crippen LogP contribution in [0.1, 0.15) is 31.4 Å². The van der Waals surface area contributed by atoms with Crippen LogP contribution in [0.25, 0.3) is 0 Å². The average molecular weight is 345 g/mol. The van der Waals surface area contributed by atoms with Gasteiger partial charge in [-0.25, -0.2) is 9.97 Å². The van der Waals surface area contributed by atoms with Crippen LogP contribution in [0.15, 0.2) is 42.7 Å². The topological polar surface area (TPSA) is 58.1 Å². The van der Waals surface area contributed by atoms with Gasteiger partial charge in [-0.05, 0) is 43.5 Å². The van der Waals surface area contributed by atoms with E-state index in [4.69, 9.17) is 11.6 Å². The predicted octanol–water partition coefficient (Wildman–Crippen LogP) is 3.22.